The molecule has 1 amide bonds. The average molecular weight is 429 g/mol. The number of benzene rings is 2. The number of nitrogens with zero attached hydrogens (tertiary/aromatic N) is 1. The Bertz CT molecular complexity index is 854. The predicted molar refractivity (Wildman–Crippen MR) is 97.5 cm³/mol. The third kappa shape index (κ3) is 3.16. The first-order valence-electron chi connectivity index (χ1n) is 7.12. The molecule has 0 aliphatic carbocycles. The number of fused-ring (bicyclic) bond motifs is 1. The lowest BCUT2D eigenvalue weighted by molar-refractivity contribution is -0.114. The van der Waals surface area contributed by atoms with Gasteiger partial charge in [0.15, 0.2) is 0 Å². The van der Waals surface area contributed by atoms with E-state index in [9.17, 15) is 9.59 Å². The molecule has 0 saturated heterocycles. The number of aryl methyl sites for hydroxylation is 1. The number of ether oxygens (including phenoxy) is 1. The number of hydrogen-bond acceptors (Lipinski definition) is 3. The van der Waals surface area contributed by atoms with E-state index in [0.29, 0.717) is 27.0 Å². The van der Waals surface area contributed by atoms with E-state index in [0.717, 1.165) is 10.0 Å². The highest BCUT2D eigenvalue weighted by Gasteiger charge is 2.37. The van der Waals surface area contributed by atoms with Crippen LogP contribution in [0.1, 0.15) is 15.9 Å². The lowest BCUT2D eigenvalue weighted by Gasteiger charge is -2.19. The average Bonchev–Trinajstić information content (AvgIpc) is 2.74. The number of Topliss-reactive ketones (excluding diaryl/α,β-unsaturated/α-hetero) is 1. The monoisotopic (exact) mass is 427 g/mol. The summed E-state index contributed by atoms with van der Waals surface area (Å²) in [7, 11) is 0. The Labute approximate surface area is 157 Å². The van der Waals surface area contributed by atoms with E-state index in [-0.39, 0.29) is 13.2 Å². The molecule has 0 aromatic heterocycles. The van der Waals surface area contributed by atoms with Gasteiger partial charge in [-0.3, -0.25) is 9.59 Å². The molecule has 0 bridgehead atoms. The Morgan fingerprint density at radius 2 is 1.92 bits per heavy atom. The second kappa shape index (κ2) is 6.75. The van der Waals surface area contributed by atoms with Crippen LogP contribution in [0.4, 0.5) is 5.69 Å². The summed E-state index contributed by atoms with van der Waals surface area (Å²) in [5.74, 6) is -0.567. The molecule has 0 unspecified atom stereocenters. The Hall–Kier alpha value is -1.56. The zero-order valence-corrected chi connectivity index (χ0v) is 15.7. The van der Waals surface area contributed by atoms with Crippen molar-refractivity contribution in [2.75, 3.05) is 18.1 Å². The summed E-state index contributed by atoms with van der Waals surface area (Å²) in [6, 6.07) is 8.45. The molecule has 0 N–H and O–H groups in total. The fourth-order valence-electron chi connectivity index (χ4n) is 2.66. The number of hydrogen-bond donors (Lipinski definition) is 0. The molecule has 0 fully saturated rings. The molecule has 2 aromatic rings. The van der Waals surface area contributed by atoms with Gasteiger partial charge in [0.25, 0.3) is 11.7 Å². The van der Waals surface area contributed by atoms with E-state index in [1.165, 1.54) is 4.90 Å². The van der Waals surface area contributed by atoms with Crippen molar-refractivity contribution in [1.29, 1.82) is 0 Å². The van der Waals surface area contributed by atoms with Crippen molar-refractivity contribution in [3.63, 3.8) is 0 Å². The van der Waals surface area contributed by atoms with Gasteiger partial charge in [0.1, 0.15) is 12.4 Å². The fraction of sp³-hybridized carbons (Fsp3) is 0.176. The fourth-order valence-corrected chi connectivity index (χ4v) is 3.69. The van der Waals surface area contributed by atoms with Crippen molar-refractivity contribution in [3.05, 3.63) is 56.0 Å². The summed E-state index contributed by atoms with van der Waals surface area (Å²) >= 11 is 15.2. The van der Waals surface area contributed by atoms with Gasteiger partial charge in [0.05, 0.1) is 22.8 Å². The molecule has 124 valence electrons. The topological polar surface area (TPSA) is 46.6 Å². The number of ketones is 1. The van der Waals surface area contributed by atoms with Crippen LogP contribution in [-0.4, -0.2) is 24.8 Å². The van der Waals surface area contributed by atoms with Gasteiger partial charge >= 0.3 is 0 Å². The molecule has 7 heteroatoms. The first kappa shape index (κ1) is 17.3. The zero-order chi connectivity index (χ0) is 17.4. The first-order chi connectivity index (χ1) is 11.4. The molecule has 0 atom stereocenters. The van der Waals surface area contributed by atoms with Crippen molar-refractivity contribution >= 4 is 56.5 Å². The van der Waals surface area contributed by atoms with Crippen LogP contribution in [0.2, 0.25) is 10.0 Å². The number of halogens is 3. The Morgan fingerprint density at radius 3 is 2.62 bits per heavy atom. The molecular formula is C17H12BrCl2NO3. The minimum Gasteiger partial charge on any atom is -0.490 e. The summed E-state index contributed by atoms with van der Waals surface area (Å²) in [5.41, 5.74) is 1.90. The highest BCUT2D eigenvalue weighted by atomic mass is 79.9. The number of amides is 1. The smallest absolute Gasteiger partial charge is 0.299 e. The van der Waals surface area contributed by atoms with Crippen molar-refractivity contribution < 1.29 is 14.3 Å². The van der Waals surface area contributed by atoms with Gasteiger partial charge in [-0.15, -0.1) is 0 Å². The van der Waals surface area contributed by atoms with Crippen LogP contribution in [-0.2, 0) is 4.79 Å². The van der Waals surface area contributed by atoms with Crippen molar-refractivity contribution in [1.82, 2.24) is 0 Å². The molecule has 3 rings (SSSR count). The largest absolute Gasteiger partial charge is 0.490 e. The number of rotatable bonds is 4. The van der Waals surface area contributed by atoms with Crippen LogP contribution in [0.15, 0.2) is 34.8 Å². The Morgan fingerprint density at radius 1 is 1.17 bits per heavy atom. The molecule has 0 spiro atoms. The third-order valence-electron chi connectivity index (χ3n) is 3.69. The quantitative estimate of drug-likeness (QED) is 0.664. The molecular weight excluding hydrogens is 417 g/mol. The maximum absolute atomic E-state index is 12.2. The van der Waals surface area contributed by atoms with E-state index in [1.807, 2.05) is 13.0 Å². The highest BCUT2D eigenvalue weighted by Crippen LogP contribution is 2.35. The molecule has 24 heavy (non-hydrogen) atoms. The highest BCUT2D eigenvalue weighted by molar-refractivity contribution is 9.10. The lowest BCUT2D eigenvalue weighted by Crippen LogP contribution is -2.33. The minimum absolute atomic E-state index is 0.204. The van der Waals surface area contributed by atoms with Crippen LogP contribution in [0.5, 0.6) is 5.75 Å². The minimum atomic E-state index is -0.544. The van der Waals surface area contributed by atoms with E-state index < -0.39 is 11.7 Å². The zero-order valence-electron chi connectivity index (χ0n) is 12.6. The van der Waals surface area contributed by atoms with Gasteiger partial charge in [-0.2, -0.15) is 0 Å². The molecule has 4 nitrogen and oxygen atoms in total. The van der Waals surface area contributed by atoms with Crippen LogP contribution < -0.4 is 9.64 Å². The van der Waals surface area contributed by atoms with Gasteiger partial charge in [-0.05, 0) is 42.8 Å². The van der Waals surface area contributed by atoms with E-state index in [4.69, 9.17) is 27.9 Å². The van der Waals surface area contributed by atoms with Crippen molar-refractivity contribution in [2.24, 2.45) is 0 Å². The Kier molecular flexibility index (Phi) is 4.85. The van der Waals surface area contributed by atoms with Crippen LogP contribution in [0, 0.1) is 6.92 Å². The third-order valence-corrected chi connectivity index (χ3v) is 4.67. The summed E-state index contributed by atoms with van der Waals surface area (Å²) in [6.07, 6.45) is 0. The molecule has 1 aliphatic heterocycles. The van der Waals surface area contributed by atoms with Crippen molar-refractivity contribution in [2.45, 2.75) is 6.92 Å². The SMILES string of the molecule is Cc1cc(Br)cc2c1N(CCOc1ccc(Cl)cc1Cl)C(=O)C2=O. The lowest BCUT2D eigenvalue weighted by atomic mass is 10.1. The number of carbonyl (C=O) groups excluding carboxylic acids is 2. The van der Waals surface area contributed by atoms with Gasteiger partial charge in [-0.1, -0.05) is 39.1 Å². The summed E-state index contributed by atoms with van der Waals surface area (Å²) in [6.45, 7) is 2.31. The van der Waals surface area contributed by atoms with Gasteiger partial charge in [-0.25, -0.2) is 0 Å². The van der Waals surface area contributed by atoms with Gasteiger partial charge in [0.2, 0.25) is 0 Å². The summed E-state index contributed by atoms with van der Waals surface area (Å²) in [5, 5.41) is 0.912. The molecule has 2 aromatic carbocycles. The number of anilines is 1. The van der Waals surface area contributed by atoms with E-state index in [1.54, 1.807) is 24.3 Å². The summed E-state index contributed by atoms with van der Waals surface area (Å²) in [4.78, 5) is 25.8. The van der Waals surface area contributed by atoms with Crippen LogP contribution in [0.25, 0.3) is 0 Å². The predicted octanol–water partition coefficient (Wildman–Crippen LogP) is 4.67. The second-order valence-corrected chi connectivity index (χ2v) is 7.09. The molecule has 1 aliphatic rings. The van der Waals surface area contributed by atoms with E-state index >= 15 is 0 Å². The Balaban J connectivity index is 1.77. The standard InChI is InChI=1S/C17H12BrCl2NO3/c1-9-6-10(18)7-12-15(9)21(17(23)16(12)22)4-5-24-14-3-2-11(19)8-13(14)20/h2-3,6-8H,4-5H2,1H3. The van der Waals surface area contributed by atoms with Gasteiger partial charge in [0, 0.05) is 9.50 Å². The summed E-state index contributed by atoms with van der Waals surface area (Å²) < 4.78 is 6.38. The van der Waals surface area contributed by atoms with Crippen LogP contribution >= 0.6 is 39.1 Å². The van der Waals surface area contributed by atoms with Crippen LogP contribution in [0.3, 0.4) is 0 Å². The van der Waals surface area contributed by atoms with Crippen molar-refractivity contribution in [3.8, 4) is 5.75 Å². The maximum Gasteiger partial charge on any atom is 0.299 e. The maximum atomic E-state index is 12.2. The first-order valence-corrected chi connectivity index (χ1v) is 8.67. The van der Waals surface area contributed by atoms with Gasteiger partial charge < -0.3 is 9.64 Å². The second-order valence-electron chi connectivity index (χ2n) is 5.33. The normalized spacial score (nSPS) is 13.4. The molecule has 1 heterocycles. The van der Waals surface area contributed by atoms with E-state index in [2.05, 4.69) is 15.9 Å². The number of carbonyl (C=O) groups is 2. The molecule has 0 saturated carbocycles. The molecule has 0 radical (unpaired) electrons.